The first kappa shape index (κ1) is 35.5. The van der Waals surface area contributed by atoms with Crippen LogP contribution in [0.2, 0.25) is 0 Å². The summed E-state index contributed by atoms with van der Waals surface area (Å²) < 4.78 is 41.6. The Morgan fingerprint density at radius 1 is 0.953 bits per heavy atom. The standard InChI is InChI=1S/C27H31N2O.C5H10O5S.CH5N/c1-5-28(6-2)21-14-16-23-25(18-21)30-26-19-22(29(7-3)8-4)15-17-24(26)27(23)20-12-10-9-11-13-20;1-10-5(6)3-2-4-11(7,8)9;1-2/h9-19H,5-8H2,1-4H3;2-4H2,1H3,(H,7,8,9);2H2,1H3/q+1;;. The van der Waals surface area contributed by atoms with E-state index in [1.165, 1.54) is 36.3 Å². The Kier molecular flexibility index (Phi) is 14.4. The third-order valence-corrected chi connectivity index (χ3v) is 7.82. The SMILES string of the molecule is CCN(CC)c1ccc2c(-c3ccccc3)c3ccc(=[N+](CC)CC)cc-3oc2c1.CN.COC(=O)CCCS(=O)(=O)O. The number of esters is 1. The summed E-state index contributed by atoms with van der Waals surface area (Å²) in [5, 5.41) is 2.36. The lowest BCUT2D eigenvalue weighted by Gasteiger charge is -2.22. The molecule has 0 fully saturated rings. The van der Waals surface area contributed by atoms with Crippen molar-refractivity contribution in [2.24, 2.45) is 5.73 Å². The summed E-state index contributed by atoms with van der Waals surface area (Å²) in [4.78, 5) is 12.8. The van der Waals surface area contributed by atoms with Crippen molar-refractivity contribution < 1.29 is 26.9 Å². The number of carbonyl (C=O) groups excluding carboxylic acids is 1. The van der Waals surface area contributed by atoms with Gasteiger partial charge in [-0.1, -0.05) is 30.3 Å². The number of hydrogen-bond acceptors (Lipinski definition) is 7. The molecule has 10 heteroatoms. The molecule has 0 atom stereocenters. The Morgan fingerprint density at radius 3 is 2.16 bits per heavy atom. The Hall–Kier alpha value is -3.73. The van der Waals surface area contributed by atoms with Crippen LogP contribution in [0.1, 0.15) is 40.5 Å². The largest absolute Gasteiger partial charge is 0.469 e. The molecule has 1 heterocycles. The number of nitrogens with zero attached hydrogens (tertiary/aromatic N) is 2. The molecule has 1 aliphatic carbocycles. The van der Waals surface area contributed by atoms with E-state index in [1.807, 2.05) is 0 Å². The van der Waals surface area contributed by atoms with E-state index in [0.29, 0.717) is 0 Å². The highest BCUT2D eigenvalue weighted by Crippen LogP contribution is 2.40. The maximum Gasteiger partial charge on any atom is 0.305 e. The average Bonchev–Trinajstić information content (AvgIpc) is 3.02. The van der Waals surface area contributed by atoms with Crippen LogP contribution in [0.5, 0.6) is 0 Å². The molecule has 0 aromatic heterocycles. The molecule has 4 rings (SSSR count). The normalized spacial score (nSPS) is 10.8. The first-order valence-corrected chi connectivity index (χ1v) is 16.2. The van der Waals surface area contributed by atoms with E-state index < -0.39 is 21.8 Å². The molecule has 2 aliphatic rings. The fourth-order valence-corrected chi connectivity index (χ4v) is 5.36. The van der Waals surface area contributed by atoms with Crippen molar-refractivity contribution >= 4 is 32.7 Å². The first-order valence-electron chi connectivity index (χ1n) is 14.6. The zero-order chi connectivity index (χ0) is 32.0. The molecule has 3 N–H and O–H groups in total. The molecule has 0 unspecified atom stereocenters. The maximum absolute atomic E-state index is 10.4. The van der Waals surface area contributed by atoms with Crippen molar-refractivity contribution in [3.63, 3.8) is 0 Å². The zero-order valence-electron chi connectivity index (χ0n) is 26.2. The van der Waals surface area contributed by atoms with Gasteiger partial charge in [-0.25, -0.2) is 4.58 Å². The molecule has 9 nitrogen and oxygen atoms in total. The third kappa shape index (κ3) is 9.91. The van der Waals surface area contributed by atoms with E-state index in [-0.39, 0.29) is 12.8 Å². The van der Waals surface area contributed by atoms with Crippen LogP contribution in [-0.4, -0.2) is 65.0 Å². The van der Waals surface area contributed by atoms with E-state index in [9.17, 15) is 13.2 Å². The molecule has 43 heavy (non-hydrogen) atoms. The summed E-state index contributed by atoms with van der Waals surface area (Å²) in [6, 6.07) is 23.9. The van der Waals surface area contributed by atoms with Gasteiger partial charge in [0.25, 0.3) is 10.1 Å². The predicted molar refractivity (Wildman–Crippen MR) is 176 cm³/mol. The molecule has 0 amide bonds. The molecule has 234 valence electrons. The van der Waals surface area contributed by atoms with Gasteiger partial charge in [-0.15, -0.1) is 0 Å². The van der Waals surface area contributed by atoms with Gasteiger partial charge in [0.2, 0.25) is 5.36 Å². The first-order chi connectivity index (χ1) is 20.6. The van der Waals surface area contributed by atoms with E-state index >= 15 is 0 Å². The van der Waals surface area contributed by atoms with Crippen molar-refractivity contribution in [3.05, 3.63) is 72.1 Å². The summed E-state index contributed by atoms with van der Waals surface area (Å²) in [7, 11) is -1.22. The molecule has 0 saturated heterocycles. The monoisotopic (exact) mass is 612 g/mol. The van der Waals surface area contributed by atoms with Crippen LogP contribution in [0.4, 0.5) is 5.69 Å². The minimum atomic E-state index is -3.94. The van der Waals surface area contributed by atoms with E-state index in [4.69, 9.17) is 8.97 Å². The van der Waals surface area contributed by atoms with Gasteiger partial charge in [-0.3, -0.25) is 9.35 Å². The van der Waals surface area contributed by atoms with Gasteiger partial charge in [0.05, 0.1) is 18.9 Å². The maximum atomic E-state index is 10.4. The Labute approximate surface area is 255 Å². The lowest BCUT2D eigenvalue weighted by atomic mass is 9.93. The number of carbonyl (C=O) groups is 1. The van der Waals surface area contributed by atoms with E-state index in [0.717, 1.165) is 48.5 Å². The molecule has 0 saturated carbocycles. The molecule has 2 aromatic rings. The van der Waals surface area contributed by atoms with Crippen molar-refractivity contribution in [2.75, 3.05) is 51.0 Å². The number of rotatable bonds is 10. The second-order valence-electron chi connectivity index (χ2n) is 9.51. The van der Waals surface area contributed by atoms with Gasteiger partial charge in [-0.05, 0) is 64.9 Å². The van der Waals surface area contributed by atoms with Gasteiger partial charge in [-0.2, -0.15) is 8.42 Å². The lowest BCUT2D eigenvalue weighted by Crippen LogP contribution is -2.29. The summed E-state index contributed by atoms with van der Waals surface area (Å²) in [6.07, 6.45) is 0.0990. The van der Waals surface area contributed by atoms with Crippen LogP contribution in [0.3, 0.4) is 0 Å². The molecule has 0 radical (unpaired) electrons. The van der Waals surface area contributed by atoms with Crippen molar-refractivity contribution in [3.8, 4) is 22.5 Å². The average molecular weight is 613 g/mol. The fraction of sp³-hybridized carbons (Fsp3) is 0.394. The Morgan fingerprint density at radius 2 is 1.60 bits per heavy atom. The summed E-state index contributed by atoms with van der Waals surface area (Å²) in [5.41, 5.74) is 10.2. The van der Waals surface area contributed by atoms with E-state index in [1.54, 1.807) is 0 Å². The minimum absolute atomic E-state index is 0.0102. The van der Waals surface area contributed by atoms with Gasteiger partial charge in [0.1, 0.15) is 24.4 Å². The highest BCUT2D eigenvalue weighted by molar-refractivity contribution is 7.85. The second-order valence-corrected chi connectivity index (χ2v) is 11.1. The molecular formula is C33H46N3O6S+. The fourth-order valence-electron chi connectivity index (χ4n) is 4.86. The number of nitrogens with two attached hydrogens (primary N) is 1. The quantitative estimate of drug-likeness (QED) is 0.107. The number of benzene rings is 3. The summed E-state index contributed by atoms with van der Waals surface area (Å²) >= 11 is 0. The third-order valence-electron chi connectivity index (χ3n) is 7.02. The number of ether oxygens (including phenoxy) is 1. The van der Waals surface area contributed by atoms with Gasteiger partial charge in [0, 0.05) is 53.8 Å². The molecule has 1 aliphatic heterocycles. The minimum Gasteiger partial charge on any atom is -0.469 e. The summed E-state index contributed by atoms with van der Waals surface area (Å²) in [5.74, 6) is 0.0540. The molecule has 0 bridgehead atoms. The summed E-state index contributed by atoms with van der Waals surface area (Å²) in [6.45, 7) is 12.7. The predicted octanol–water partition coefficient (Wildman–Crippen LogP) is 5.27. The number of methoxy groups -OCH3 is 1. The number of fused-ring (bicyclic) bond motifs is 2. The van der Waals surface area contributed by atoms with Crippen LogP contribution in [-0.2, 0) is 19.6 Å². The van der Waals surface area contributed by atoms with Crippen LogP contribution in [0, 0.1) is 0 Å². The van der Waals surface area contributed by atoms with Crippen molar-refractivity contribution in [1.29, 1.82) is 0 Å². The van der Waals surface area contributed by atoms with Crippen molar-refractivity contribution in [1.82, 2.24) is 4.58 Å². The second kappa shape index (κ2) is 17.4. The highest BCUT2D eigenvalue weighted by Gasteiger charge is 2.19. The topological polar surface area (TPSA) is 126 Å². The van der Waals surface area contributed by atoms with Crippen LogP contribution in [0.25, 0.3) is 33.4 Å². The van der Waals surface area contributed by atoms with Crippen molar-refractivity contribution in [2.45, 2.75) is 40.5 Å². The Bertz CT molecular complexity index is 1590. The van der Waals surface area contributed by atoms with Gasteiger partial charge in [0.15, 0.2) is 0 Å². The van der Waals surface area contributed by atoms with Crippen LogP contribution >= 0.6 is 0 Å². The number of hydrogen-bond donors (Lipinski definition) is 2. The molecule has 2 aromatic carbocycles. The lowest BCUT2D eigenvalue weighted by molar-refractivity contribution is -0.140. The number of anilines is 1. The highest BCUT2D eigenvalue weighted by atomic mass is 32.2. The molecular weight excluding hydrogens is 566 g/mol. The van der Waals surface area contributed by atoms with E-state index in [2.05, 4.69) is 114 Å². The van der Waals surface area contributed by atoms with Gasteiger partial charge >= 0.3 is 5.97 Å². The molecule has 0 spiro atoms. The van der Waals surface area contributed by atoms with Crippen LogP contribution < -0.4 is 20.6 Å². The zero-order valence-corrected chi connectivity index (χ0v) is 27.0. The van der Waals surface area contributed by atoms with Gasteiger partial charge < -0.3 is 19.8 Å². The van der Waals surface area contributed by atoms with Crippen LogP contribution in [0.15, 0.2) is 71.1 Å². The Balaban J connectivity index is 0.000000422. The smallest absolute Gasteiger partial charge is 0.305 e.